The van der Waals surface area contributed by atoms with Crippen LogP contribution in [0.3, 0.4) is 0 Å². The number of amides is 2. The number of nitrogens with zero attached hydrogens (tertiary/aromatic N) is 3. The number of aryl methyl sites for hydroxylation is 1. The fourth-order valence-electron chi connectivity index (χ4n) is 2.57. The summed E-state index contributed by atoms with van der Waals surface area (Å²) in [6.45, 7) is 0. The van der Waals surface area contributed by atoms with E-state index in [0.29, 0.717) is 17.1 Å². The van der Waals surface area contributed by atoms with E-state index in [-0.39, 0.29) is 11.5 Å². The minimum absolute atomic E-state index is 0.0712. The molecule has 3 aromatic rings. The van der Waals surface area contributed by atoms with Crippen molar-refractivity contribution < 1.29 is 14.1 Å². The van der Waals surface area contributed by atoms with Gasteiger partial charge in [-0.3, -0.25) is 10.1 Å². The maximum absolute atomic E-state index is 13.2. The number of benzene rings is 2. The monoisotopic (exact) mass is 369 g/mol. The van der Waals surface area contributed by atoms with E-state index in [4.69, 9.17) is 0 Å². The molecule has 2 amide bonds. The molecule has 0 bridgehead atoms. The molecule has 2 N–H and O–H groups in total. The largest absolute Gasteiger partial charge is 0.336 e. The van der Waals surface area contributed by atoms with Crippen molar-refractivity contribution in [3.63, 3.8) is 0 Å². The van der Waals surface area contributed by atoms with Crippen LogP contribution in [0.25, 0.3) is 0 Å². The van der Waals surface area contributed by atoms with E-state index in [9.17, 15) is 19.3 Å². The Balaban J connectivity index is 1.79. The van der Waals surface area contributed by atoms with Gasteiger partial charge in [0.15, 0.2) is 0 Å². The number of hydrogen-bond acceptors (Lipinski definition) is 4. The van der Waals surface area contributed by atoms with Gasteiger partial charge >= 0.3 is 6.03 Å². The summed E-state index contributed by atoms with van der Waals surface area (Å²) in [4.78, 5) is 26.9. The van der Waals surface area contributed by atoms with Gasteiger partial charge in [0, 0.05) is 37.3 Å². The summed E-state index contributed by atoms with van der Waals surface area (Å²) in [7, 11) is 1.79. The molecule has 0 fully saturated rings. The van der Waals surface area contributed by atoms with Crippen molar-refractivity contribution in [3.8, 4) is 0 Å². The zero-order chi connectivity index (χ0) is 19.4. The first-order valence-corrected chi connectivity index (χ1v) is 7.98. The summed E-state index contributed by atoms with van der Waals surface area (Å²) in [6.07, 6.45) is 3.34. The van der Waals surface area contributed by atoms with Gasteiger partial charge in [-0.15, -0.1) is 0 Å². The number of imidazole rings is 1. The van der Waals surface area contributed by atoms with Crippen molar-refractivity contribution in [2.45, 2.75) is 6.04 Å². The molecule has 0 aliphatic carbocycles. The van der Waals surface area contributed by atoms with Crippen LogP contribution in [0.2, 0.25) is 0 Å². The number of rotatable bonds is 5. The van der Waals surface area contributed by atoms with E-state index < -0.39 is 17.0 Å². The molecular weight excluding hydrogens is 353 g/mol. The highest BCUT2D eigenvalue weighted by atomic mass is 19.1. The van der Waals surface area contributed by atoms with Crippen molar-refractivity contribution in [3.05, 3.63) is 88.2 Å². The Kier molecular flexibility index (Phi) is 5.11. The summed E-state index contributed by atoms with van der Waals surface area (Å²) in [6, 6.07) is 10.1. The highest BCUT2D eigenvalue weighted by Crippen LogP contribution is 2.21. The molecule has 0 radical (unpaired) electrons. The molecule has 0 saturated heterocycles. The van der Waals surface area contributed by atoms with E-state index in [1.807, 2.05) is 0 Å². The summed E-state index contributed by atoms with van der Waals surface area (Å²) in [5, 5.41) is 16.1. The zero-order valence-electron chi connectivity index (χ0n) is 14.3. The molecule has 0 spiro atoms. The fraction of sp³-hybridized carbons (Fsp3) is 0.111. The predicted molar refractivity (Wildman–Crippen MR) is 96.7 cm³/mol. The summed E-state index contributed by atoms with van der Waals surface area (Å²) in [5.74, 6) is 0.188. The van der Waals surface area contributed by atoms with Gasteiger partial charge in [-0.1, -0.05) is 12.1 Å². The summed E-state index contributed by atoms with van der Waals surface area (Å²) < 4.78 is 15.0. The number of carbonyl (C=O) groups excluding carboxylic acids is 1. The number of aromatic nitrogens is 2. The quantitative estimate of drug-likeness (QED) is 0.532. The smallest absolute Gasteiger partial charge is 0.320 e. The van der Waals surface area contributed by atoms with Gasteiger partial charge in [-0.25, -0.2) is 14.2 Å². The van der Waals surface area contributed by atoms with Crippen molar-refractivity contribution in [2.24, 2.45) is 7.05 Å². The molecule has 2 aromatic carbocycles. The Hall–Kier alpha value is -3.75. The van der Waals surface area contributed by atoms with Gasteiger partial charge in [0.25, 0.3) is 5.69 Å². The fourth-order valence-corrected chi connectivity index (χ4v) is 2.57. The molecule has 0 aliphatic heterocycles. The highest BCUT2D eigenvalue weighted by Gasteiger charge is 2.21. The molecule has 1 atom stereocenters. The van der Waals surface area contributed by atoms with Crippen molar-refractivity contribution in [1.29, 1.82) is 0 Å². The number of non-ortho nitro benzene ring substituents is 1. The number of urea groups is 1. The maximum Gasteiger partial charge on any atom is 0.320 e. The normalized spacial score (nSPS) is 11.6. The van der Waals surface area contributed by atoms with Crippen LogP contribution < -0.4 is 10.6 Å². The zero-order valence-corrected chi connectivity index (χ0v) is 14.3. The van der Waals surface area contributed by atoms with Gasteiger partial charge in [-0.2, -0.15) is 0 Å². The molecular formula is C18H16FN5O3. The lowest BCUT2D eigenvalue weighted by Gasteiger charge is -2.19. The molecule has 3 rings (SSSR count). The minimum atomic E-state index is -0.608. The van der Waals surface area contributed by atoms with Gasteiger partial charge in [0.05, 0.1) is 4.92 Å². The van der Waals surface area contributed by atoms with Crippen LogP contribution in [0.5, 0.6) is 0 Å². The maximum atomic E-state index is 13.2. The number of hydrogen-bond donors (Lipinski definition) is 2. The second-order valence-corrected chi connectivity index (χ2v) is 5.78. The standard InChI is InChI=1S/C18H16FN5O3/c1-23-11-10-20-17(23)16(12-2-4-13(19)5-3-12)22-18(25)21-14-6-8-15(9-7-14)24(26)27/h2-11,16H,1H3,(H2,21,22,25). The van der Waals surface area contributed by atoms with Gasteiger partial charge in [0.1, 0.15) is 17.7 Å². The Morgan fingerprint density at radius 1 is 1.19 bits per heavy atom. The van der Waals surface area contributed by atoms with Crippen molar-refractivity contribution in [1.82, 2.24) is 14.9 Å². The van der Waals surface area contributed by atoms with E-state index in [1.165, 1.54) is 36.4 Å². The van der Waals surface area contributed by atoms with Crippen LogP contribution in [-0.4, -0.2) is 20.5 Å². The lowest BCUT2D eigenvalue weighted by atomic mass is 10.1. The van der Waals surface area contributed by atoms with Crippen molar-refractivity contribution >= 4 is 17.4 Å². The van der Waals surface area contributed by atoms with Crippen LogP contribution in [0, 0.1) is 15.9 Å². The molecule has 1 unspecified atom stereocenters. The molecule has 0 saturated carbocycles. The SMILES string of the molecule is Cn1ccnc1C(NC(=O)Nc1ccc([N+](=O)[O-])cc1)c1ccc(F)cc1. The number of nitrogens with one attached hydrogen (secondary N) is 2. The van der Waals surface area contributed by atoms with Gasteiger partial charge in [0.2, 0.25) is 0 Å². The number of carbonyl (C=O) groups is 1. The molecule has 9 heteroatoms. The van der Waals surface area contributed by atoms with E-state index in [0.717, 1.165) is 0 Å². The van der Waals surface area contributed by atoms with Crippen LogP contribution >= 0.6 is 0 Å². The second-order valence-electron chi connectivity index (χ2n) is 5.78. The third-order valence-corrected chi connectivity index (χ3v) is 3.93. The van der Waals surface area contributed by atoms with Crippen LogP contribution in [-0.2, 0) is 7.05 Å². The third-order valence-electron chi connectivity index (χ3n) is 3.93. The van der Waals surface area contributed by atoms with Crippen molar-refractivity contribution in [2.75, 3.05) is 5.32 Å². The second kappa shape index (κ2) is 7.65. The lowest BCUT2D eigenvalue weighted by molar-refractivity contribution is -0.384. The number of anilines is 1. The first-order valence-electron chi connectivity index (χ1n) is 7.98. The third kappa shape index (κ3) is 4.27. The average Bonchev–Trinajstić information content (AvgIpc) is 3.07. The van der Waals surface area contributed by atoms with Crippen LogP contribution in [0.4, 0.5) is 20.6 Å². The molecule has 1 aromatic heterocycles. The Morgan fingerprint density at radius 3 is 2.41 bits per heavy atom. The van der Waals surface area contributed by atoms with E-state index >= 15 is 0 Å². The number of nitro benzene ring substituents is 1. The van der Waals surface area contributed by atoms with Crippen LogP contribution in [0.15, 0.2) is 60.9 Å². The van der Waals surface area contributed by atoms with Gasteiger partial charge < -0.3 is 15.2 Å². The van der Waals surface area contributed by atoms with Gasteiger partial charge in [-0.05, 0) is 29.8 Å². The first-order chi connectivity index (χ1) is 12.9. The number of nitro groups is 1. The van der Waals surface area contributed by atoms with E-state index in [1.54, 1.807) is 36.1 Å². The molecule has 1 heterocycles. The molecule has 0 aliphatic rings. The predicted octanol–water partition coefficient (Wildman–Crippen LogP) is 3.38. The summed E-state index contributed by atoms with van der Waals surface area (Å²) in [5.41, 5.74) is 0.985. The Morgan fingerprint density at radius 2 is 1.85 bits per heavy atom. The summed E-state index contributed by atoms with van der Waals surface area (Å²) >= 11 is 0. The Labute approximate surface area is 153 Å². The Bertz CT molecular complexity index is 954. The van der Waals surface area contributed by atoms with E-state index in [2.05, 4.69) is 15.6 Å². The first kappa shape index (κ1) is 18.1. The minimum Gasteiger partial charge on any atom is -0.336 e. The molecule has 27 heavy (non-hydrogen) atoms. The lowest BCUT2D eigenvalue weighted by Crippen LogP contribution is -2.34. The molecule has 8 nitrogen and oxygen atoms in total. The number of halogens is 1. The highest BCUT2D eigenvalue weighted by molar-refractivity contribution is 5.89. The topological polar surface area (TPSA) is 102 Å². The van der Waals surface area contributed by atoms with Crippen LogP contribution in [0.1, 0.15) is 17.4 Å². The molecule has 138 valence electrons. The average molecular weight is 369 g/mol.